The molecule has 1 aromatic heterocycles. The van der Waals surface area contributed by atoms with E-state index in [2.05, 4.69) is 33.0 Å². The lowest BCUT2D eigenvalue weighted by atomic mass is 10.2. The monoisotopic (exact) mass is 354 g/mol. The number of aromatic carboxylic acids is 1. The van der Waals surface area contributed by atoms with Crippen LogP contribution in [0.4, 0.5) is 0 Å². The number of benzene rings is 1. The maximum Gasteiger partial charge on any atom is 0.335 e. The van der Waals surface area contributed by atoms with Gasteiger partial charge in [0.25, 0.3) is 5.89 Å². The summed E-state index contributed by atoms with van der Waals surface area (Å²) in [7, 11) is 0. The topological polar surface area (TPSA) is 85.5 Å². The van der Waals surface area contributed by atoms with E-state index in [9.17, 15) is 4.79 Å². The molecule has 0 radical (unpaired) electrons. The van der Waals surface area contributed by atoms with Crippen molar-refractivity contribution in [3.05, 3.63) is 40.0 Å². The number of rotatable bonds is 7. The number of aryl methyl sites for hydroxylation is 1. The molecule has 0 saturated carbocycles. The van der Waals surface area contributed by atoms with E-state index in [1.54, 1.807) is 6.07 Å². The van der Waals surface area contributed by atoms with Crippen molar-refractivity contribution in [3.63, 3.8) is 0 Å². The van der Waals surface area contributed by atoms with Gasteiger partial charge in [0, 0.05) is 6.42 Å². The largest absolute Gasteiger partial charge is 0.483 e. The molecule has 112 valence electrons. The summed E-state index contributed by atoms with van der Waals surface area (Å²) in [6.07, 6.45) is 2.85. The molecule has 1 N–H and O–H groups in total. The normalized spacial score (nSPS) is 10.6. The van der Waals surface area contributed by atoms with Crippen LogP contribution >= 0.6 is 15.9 Å². The lowest BCUT2D eigenvalue weighted by molar-refractivity contribution is 0.0696. The first-order valence-electron chi connectivity index (χ1n) is 6.57. The summed E-state index contributed by atoms with van der Waals surface area (Å²) in [6, 6.07) is 4.56. The van der Waals surface area contributed by atoms with E-state index in [0.29, 0.717) is 21.9 Å². The average Bonchev–Trinajstić information content (AvgIpc) is 2.92. The molecule has 0 aliphatic rings. The number of carbonyl (C=O) groups is 1. The highest BCUT2D eigenvalue weighted by Gasteiger charge is 2.11. The third-order valence-corrected chi connectivity index (χ3v) is 3.45. The lowest BCUT2D eigenvalue weighted by Gasteiger charge is -2.06. The molecule has 0 saturated heterocycles. The first-order chi connectivity index (χ1) is 10.1. The Balaban J connectivity index is 2.00. The van der Waals surface area contributed by atoms with Gasteiger partial charge in [0.05, 0.1) is 10.0 Å². The molecular weight excluding hydrogens is 340 g/mol. The highest BCUT2D eigenvalue weighted by atomic mass is 79.9. The average molecular weight is 355 g/mol. The van der Waals surface area contributed by atoms with Crippen LogP contribution in [0.5, 0.6) is 5.75 Å². The van der Waals surface area contributed by atoms with Crippen molar-refractivity contribution in [1.29, 1.82) is 0 Å². The van der Waals surface area contributed by atoms with Crippen LogP contribution in [0.15, 0.2) is 27.2 Å². The second-order valence-corrected chi connectivity index (χ2v) is 5.30. The first kappa shape index (κ1) is 15.5. The van der Waals surface area contributed by atoms with E-state index in [1.165, 1.54) is 12.1 Å². The molecule has 0 bridgehead atoms. The molecule has 7 heteroatoms. The molecule has 0 aliphatic heterocycles. The Morgan fingerprint density at radius 1 is 1.48 bits per heavy atom. The zero-order valence-corrected chi connectivity index (χ0v) is 13.1. The summed E-state index contributed by atoms with van der Waals surface area (Å²) in [4.78, 5) is 15.1. The molecule has 0 unspecified atom stereocenters. The van der Waals surface area contributed by atoms with Gasteiger partial charge in [-0.3, -0.25) is 0 Å². The Hall–Kier alpha value is -1.89. The van der Waals surface area contributed by atoms with E-state index in [0.717, 1.165) is 19.3 Å². The van der Waals surface area contributed by atoms with Gasteiger partial charge in [-0.25, -0.2) is 4.79 Å². The number of aromatic nitrogens is 2. The predicted octanol–water partition coefficient (Wildman–Crippen LogP) is 3.45. The summed E-state index contributed by atoms with van der Waals surface area (Å²) < 4.78 is 11.3. The highest BCUT2D eigenvalue weighted by molar-refractivity contribution is 9.10. The lowest BCUT2D eigenvalue weighted by Crippen LogP contribution is -2.00. The van der Waals surface area contributed by atoms with Crippen LogP contribution in [0.3, 0.4) is 0 Å². The van der Waals surface area contributed by atoms with Crippen molar-refractivity contribution in [2.24, 2.45) is 0 Å². The fourth-order valence-corrected chi connectivity index (χ4v) is 2.03. The Morgan fingerprint density at radius 3 is 3.00 bits per heavy atom. The van der Waals surface area contributed by atoms with Gasteiger partial charge in [0.1, 0.15) is 5.75 Å². The third kappa shape index (κ3) is 4.29. The molecule has 0 amide bonds. The molecule has 6 nitrogen and oxygen atoms in total. The SMILES string of the molecule is CCCCc1noc(COc2cc(C(=O)O)ccc2Br)n1. The summed E-state index contributed by atoms with van der Waals surface area (Å²) in [5.41, 5.74) is 0.155. The van der Waals surface area contributed by atoms with Gasteiger partial charge in [-0.2, -0.15) is 4.98 Å². The number of unbranched alkanes of at least 4 members (excludes halogenated alkanes) is 1. The Bertz CT molecular complexity index is 627. The smallest absolute Gasteiger partial charge is 0.335 e. The van der Waals surface area contributed by atoms with Crippen LogP contribution in [0, 0.1) is 0 Å². The summed E-state index contributed by atoms with van der Waals surface area (Å²) in [5, 5.41) is 12.8. The van der Waals surface area contributed by atoms with Gasteiger partial charge >= 0.3 is 5.97 Å². The number of carboxylic acids is 1. The number of ether oxygens (including phenoxy) is 1. The number of halogens is 1. The van der Waals surface area contributed by atoms with Crippen molar-refractivity contribution >= 4 is 21.9 Å². The fourth-order valence-electron chi connectivity index (χ4n) is 1.67. The molecule has 21 heavy (non-hydrogen) atoms. The standard InChI is InChI=1S/C14H15BrN2O4/c1-2-3-4-12-16-13(21-17-12)8-20-11-7-9(14(18)19)5-6-10(11)15/h5-7H,2-4,8H2,1H3,(H,18,19). The van der Waals surface area contributed by atoms with Crippen molar-refractivity contribution in [3.8, 4) is 5.75 Å². The van der Waals surface area contributed by atoms with Crippen LogP contribution in [0.25, 0.3) is 0 Å². The molecule has 0 fully saturated rings. The second-order valence-electron chi connectivity index (χ2n) is 4.45. The minimum absolute atomic E-state index is 0.0980. The van der Waals surface area contributed by atoms with E-state index in [1.807, 2.05) is 0 Å². The summed E-state index contributed by atoms with van der Waals surface area (Å²) in [6.45, 7) is 2.19. The van der Waals surface area contributed by atoms with E-state index < -0.39 is 5.97 Å². The van der Waals surface area contributed by atoms with Crippen molar-refractivity contribution in [2.75, 3.05) is 0 Å². The molecule has 2 aromatic rings. The van der Waals surface area contributed by atoms with Gasteiger partial charge in [0.15, 0.2) is 12.4 Å². The van der Waals surface area contributed by atoms with Crippen LogP contribution < -0.4 is 4.74 Å². The van der Waals surface area contributed by atoms with E-state index in [-0.39, 0.29) is 12.2 Å². The van der Waals surface area contributed by atoms with Gasteiger partial charge in [0.2, 0.25) is 0 Å². The summed E-state index contributed by atoms with van der Waals surface area (Å²) in [5.74, 6) is 0.442. The molecule has 0 aliphatic carbocycles. The number of hydrogen-bond donors (Lipinski definition) is 1. The van der Waals surface area contributed by atoms with Gasteiger partial charge in [-0.05, 0) is 40.5 Å². The number of nitrogens with zero attached hydrogens (tertiary/aromatic N) is 2. The van der Waals surface area contributed by atoms with E-state index >= 15 is 0 Å². The fraction of sp³-hybridized carbons (Fsp3) is 0.357. The van der Waals surface area contributed by atoms with Crippen molar-refractivity contribution in [1.82, 2.24) is 10.1 Å². The summed E-state index contributed by atoms with van der Waals surface area (Å²) >= 11 is 3.31. The van der Waals surface area contributed by atoms with Crippen molar-refractivity contribution in [2.45, 2.75) is 32.8 Å². The molecule has 0 atom stereocenters. The Morgan fingerprint density at radius 2 is 2.29 bits per heavy atom. The maximum absolute atomic E-state index is 10.9. The number of carboxylic acid groups (broad SMARTS) is 1. The molecule has 1 aromatic carbocycles. The first-order valence-corrected chi connectivity index (χ1v) is 7.36. The second kappa shape index (κ2) is 7.21. The zero-order chi connectivity index (χ0) is 15.2. The van der Waals surface area contributed by atoms with Crippen LogP contribution in [-0.4, -0.2) is 21.2 Å². The molecule has 2 rings (SSSR count). The Labute approximate surface area is 130 Å². The predicted molar refractivity (Wildman–Crippen MR) is 78.3 cm³/mol. The minimum atomic E-state index is -1.01. The van der Waals surface area contributed by atoms with Crippen LogP contribution in [-0.2, 0) is 13.0 Å². The molecular formula is C14H15BrN2O4. The highest BCUT2D eigenvalue weighted by Crippen LogP contribution is 2.26. The van der Waals surface area contributed by atoms with Crippen molar-refractivity contribution < 1.29 is 19.2 Å². The molecule has 0 spiro atoms. The van der Waals surface area contributed by atoms with E-state index in [4.69, 9.17) is 14.4 Å². The number of hydrogen-bond acceptors (Lipinski definition) is 5. The van der Waals surface area contributed by atoms with Gasteiger partial charge in [-0.1, -0.05) is 18.5 Å². The van der Waals surface area contributed by atoms with Crippen LogP contribution in [0.1, 0.15) is 41.8 Å². The minimum Gasteiger partial charge on any atom is -0.483 e. The van der Waals surface area contributed by atoms with Gasteiger partial charge < -0.3 is 14.4 Å². The molecule has 1 heterocycles. The quantitative estimate of drug-likeness (QED) is 0.819. The van der Waals surface area contributed by atoms with Gasteiger partial charge in [-0.15, -0.1) is 0 Å². The third-order valence-electron chi connectivity index (χ3n) is 2.79. The van der Waals surface area contributed by atoms with Crippen LogP contribution in [0.2, 0.25) is 0 Å². The zero-order valence-electron chi connectivity index (χ0n) is 11.5. The Kier molecular flexibility index (Phi) is 5.32. The maximum atomic E-state index is 10.9.